The van der Waals surface area contributed by atoms with Gasteiger partial charge in [-0.15, -0.1) is 11.3 Å². The Morgan fingerprint density at radius 1 is 1.24 bits per heavy atom. The molecule has 0 spiro atoms. The highest BCUT2D eigenvalue weighted by atomic mass is 32.1. The minimum Gasteiger partial charge on any atom is -0.335 e. The van der Waals surface area contributed by atoms with E-state index in [0.29, 0.717) is 0 Å². The first kappa shape index (κ1) is 15.5. The second-order valence-electron chi connectivity index (χ2n) is 5.50. The van der Waals surface area contributed by atoms with Crippen LogP contribution >= 0.6 is 11.3 Å². The largest absolute Gasteiger partial charge is 0.335 e. The lowest BCUT2D eigenvalue weighted by Gasteiger charge is -2.03. The molecule has 0 aliphatic carbocycles. The summed E-state index contributed by atoms with van der Waals surface area (Å²) in [6, 6.07) is 9.88. The molecule has 0 radical (unpaired) electrons. The number of aromatic nitrogens is 3. The van der Waals surface area contributed by atoms with Gasteiger partial charge < -0.3 is 9.88 Å². The highest BCUT2D eigenvalue weighted by Gasteiger charge is 2.16. The fourth-order valence-corrected chi connectivity index (χ4v) is 3.46. The number of fused-ring (bicyclic) bond motifs is 1. The Hall–Kier alpha value is -3.06. The molecule has 0 aliphatic heterocycles. The van der Waals surface area contributed by atoms with Crippen LogP contribution in [0.2, 0.25) is 0 Å². The number of carbonyl (C=O) groups is 1. The molecule has 25 heavy (non-hydrogen) atoms. The molecule has 0 fully saturated rings. The molecule has 124 valence electrons. The van der Waals surface area contributed by atoms with Gasteiger partial charge in [0, 0.05) is 35.8 Å². The molecule has 3 heterocycles. The predicted molar refractivity (Wildman–Crippen MR) is 96.2 cm³/mol. The van der Waals surface area contributed by atoms with Crippen LogP contribution in [0.5, 0.6) is 0 Å². The van der Waals surface area contributed by atoms with E-state index in [1.165, 1.54) is 23.5 Å². The highest BCUT2D eigenvalue weighted by molar-refractivity contribution is 7.13. The summed E-state index contributed by atoms with van der Waals surface area (Å²) in [7, 11) is 1.91. The maximum absolute atomic E-state index is 13.7. The molecular formula is C18H13FN4OS. The Morgan fingerprint density at radius 2 is 2.08 bits per heavy atom. The van der Waals surface area contributed by atoms with Gasteiger partial charge in [0.2, 0.25) is 0 Å². The van der Waals surface area contributed by atoms with Gasteiger partial charge in [0.25, 0.3) is 5.91 Å². The quantitative estimate of drug-likeness (QED) is 0.604. The number of pyridine rings is 1. The van der Waals surface area contributed by atoms with Crippen LogP contribution < -0.4 is 5.32 Å². The lowest BCUT2D eigenvalue weighted by atomic mass is 10.2. The number of anilines is 1. The maximum Gasteiger partial charge on any atom is 0.275 e. The van der Waals surface area contributed by atoms with Crippen LogP contribution in [-0.2, 0) is 7.05 Å². The zero-order chi connectivity index (χ0) is 17.4. The molecule has 0 bridgehead atoms. The molecule has 4 rings (SSSR count). The van der Waals surface area contributed by atoms with E-state index < -0.39 is 11.7 Å². The molecule has 3 aromatic heterocycles. The van der Waals surface area contributed by atoms with E-state index >= 15 is 0 Å². The average molecular weight is 352 g/mol. The second-order valence-corrected chi connectivity index (χ2v) is 6.36. The van der Waals surface area contributed by atoms with Crippen LogP contribution in [0.4, 0.5) is 10.1 Å². The summed E-state index contributed by atoms with van der Waals surface area (Å²) in [5, 5.41) is 5.91. The van der Waals surface area contributed by atoms with E-state index in [1.807, 2.05) is 29.9 Å². The molecule has 0 saturated carbocycles. The number of aryl methyl sites for hydroxylation is 1. The van der Waals surface area contributed by atoms with Crippen molar-refractivity contribution in [1.29, 1.82) is 0 Å². The molecule has 4 aromatic rings. The van der Waals surface area contributed by atoms with Crippen LogP contribution in [0.3, 0.4) is 0 Å². The highest BCUT2D eigenvalue weighted by Crippen LogP contribution is 2.31. The number of thiazole rings is 1. The van der Waals surface area contributed by atoms with E-state index in [0.717, 1.165) is 21.6 Å². The Morgan fingerprint density at radius 3 is 2.92 bits per heavy atom. The Balaban J connectivity index is 1.66. The summed E-state index contributed by atoms with van der Waals surface area (Å²) in [6.45, 7) is 0. The van der Waals surface area contributed by atoms with Crippen LogP contribution in [0.1, 0.15) is 10.5 Å². The number of nitrogens with zero attached hydrogens (tertiary/aromatic N) is 3. The monoisotopic (exact) mass is 352 g/mol. The van der Waals surface area contributed by atoms with Crippen LogP contribution in [0.25, 0.3) is 21.6 Å². The third-order valence-electron chi connectivity index (χ3n) is 3.82. The average Bonchev–Trinajstić information content (AvgIpc) is 3.23. The van der Waals surface area contributed by atoms with Crippen molar-refractivity contribution in [2.75, 3.05) is 5.32 Å². The zero-order valence-corrected chi connectivity index (χ0v) is 14.0. The van der Waals surface area contributed by atoms with Crippen molar-refractivity contribution >= 4 is 34.0 Å². The minimum atomic E-state index is -0.480. The Kier molecular flexibility index (Phi) is 3.77. The predicted octanol–water partition coefficient (Wildman–Crippen LogP) is 4.09. The van der Waals surface area contributed by atoms with Gasteiger partial charge in [0.05, 0.1) is 5.69 Å². The van der Waals surface area contributed by atoms with Gasteiger partial charge >= 0.3 is 0 Å². The first-order valence-corrected chi connectivity index (χ1v) is 8.43. The van der Waals surface area contributed by atoms with Crippen LogP contribution in [0, 0.1) is 5.82 Å². The molecule has 5 nitrogen and oxygen atoms in total. The summed E-state index contributed by atoms with van der Waals surface area (Å²) in [6.07, 6.45) is 3.68. The van der Waals surface area contributed by atoms with Gasteiger partial charge in [-0.05, 0) is 24.3 Å². The summed E-state index contributed by atoms with van der Waals surface area (Å²) in [5.74, 6) is -0.919. The summed E-state index contributed by atoms with van der Waals surface area (Å²) in [5.41, 5.74) is 2.16. The van der Waals surface area contributed by atoms with E-state index in [-0.39, 0.29) is 11.4 Å². The van der Waals surface area contributed by atoms with Crippen molar-refractivity contribution in [3.63, 3.8) is 0 Å². The smallest absolute Gasteiger partial charge is 0.275 e. The Bertz CT molecular complexity index is 1090. The van der Waals surface area contributed by atoms with Gasteiger partial charge in [-0.1, -0.05) is 12.1 Å². The first-order valence-electron chi connectivity index (χ1n) is 7.55. The number of rotatable bonds is 3. The van der Waals surface area contributed by atoms with Crippen LogP contribution in [0.15, 0.2) is 54.2 Å². The normalized spacial score (nSPS) is 11.0. The molecular weight excluding hydrogens is 339 g/mol. The minimum absolute atomic E-state index is 0.136. The fourth-order valence-electron chi connectivity index (χ4n) is 2.63. The molecule has 1 aromatic carbocycles. The zero-order valence-electron chi connectivity index (χ0n) is 13.2. The van der Waals surface area contributed by atoms with Crippen molar-refractivity contribution in [1.82, 2.24) is 14.5 Å². The number of para-hydroxylation sites is 1. The topological polar surface area (TPSA) is 59.8 Å². The molecule has 0 unspecified atom stereocenters. The lowest BCUT2D eigenvalue weighted by Crippen LogP contribution is -2.13. The molecule has 0 saturated heterocycles. The van der Waals surface area contributed by atoms with Crippen LogP contribution in [-0.4, -0.2) is 20.4 Å². The number of hydrogen-bond donors (Lipinski definition) is 1. The van der Waals surface area contributed by atoms with Crippen molar-refractivity contribution in [3.05, 3.63) is 65.7 Å². The second kappa shape index (κ2) is 6.10. The van der Waals surface area contributed by atoms with Gasteiger partial charge in [-0.2, -0.15) is 0 Å². The summed E-state index contributed by atoms with van der Waals surface area (Å²) >= 11 is 1.37. The third-order valence-corrected chi connectivity index (χ3v) is 4.70. The number of halogens is 1. The molecule has 0 aliphatic rings. The number of amides is 1. The standard InChI is InChI=1S/C18H13FN4OS/c1-23-9-12(11-5-4-8-20-16(11)23)18-22-15(10-25-18)17(24)21-14-7-3-2-6-13(14)19/h2-10H,1H3,(H,21,24). The van der Waals surface area contributed by atoms with Crippen molar-refractivity contribution in [2.24, 2.45) is 7.05 Å². The molecule has 1 N–H and O–H groups in total. The van der Waals surface area contributed by atoms with Crippen molar-refractivity contribution in [3.8, 4) is 10.6 Å². The summed E-state index contributed by atoms with van der Waals surface area (Å²) < 4.78 is 15.6. The SMILES string of the molecule is Cn1cc(-c2nc(C(=O)Nc3ccccc3F)cs2)c2cccnc21. The van der Waals surface area contributed by atoms with E-state index in [2.05, 4.69) is 15.3 Å². The van der Waals surface area contributed by atoms with Gasteiger partial charge in [0.15, 0.2) is 0 Å². The number of carbonyl (C=O) groups excluding carboxylic acids is 1. The number of nitrogens with one attached hydrogen (secondary N) is 1. The van der Waals surface area contributed by atoms with Gasteiger partial charge in [-0.3, -0.25) is 4.79 Å². The molecule has 1 amide bonds. The van der Waals surface area contributed by atoms with Gasteiger partial charge in [0.1, 0.15) is 22.2 Å². The number of benzene rings is 1. The summed E-state index contributed by atoms with van der Waals surface area (Å²) in [4.78, 5) is 21.1. The molecule has 0 atom stereocenters. The first-order chi connectivity index (χ1) is 12.1. The van der Waals surface area contributed by atoms with E-state index in [4.69, 9.17) is 0 Å². The van der Waals surface area contributed by atoms with E-state index in [9.17, 15) is 9.18 Å². The third kappa shape index (κ3) is 2.78. The fraction of sp³-hybridized carbons (Fsp3) is 0.0556. The number of hydrogen-bond acceptors (Lipinski definition) is 4. The van der Waals surface area contributed by atoms with Crippen molar-refractivity contribution in [2.45, 2.75) is 0 Å². The van der Waals surface area contributed by atoms with E-state index in [1.54, 1.807) is 23.7 Å². The van der Waals surface area contributed by atoms with Gasteiger partial charge in [-0.25, -0.2) is 14.4 Å². The Labute approximate surface area is 146 Å². The maximum atomic E-state index is 13.7. The van der Waals surface area contributed by atoms with Crippen molar-refractivity contribution < 1.29 is 9.18 Å². The molecule has 7 heteroatoms. The lowest BCUT2D eigenvalue weighted by molar-refractivity contribution is 0.102.